The number of aliphatic hydroxyl groups is 1. The molecule has 304 valence electrons. The summed E-state index contributed by atoms with van der Waals surface area (Å²) in [6.07, 6.45) is 11.2. The van der Waals surface area contributed by atoms with Gasteiger partial charge in [-0.1, -0.05) is 45.0 Å². The van der Waals surface area contributed by atoms with Gasteiger partial charge in [0, 0.05) is 43.4 Å². The summed E-state index contributed by atoms with van der Waals surface area (Å²) in [4.78, 5) is 28.0. The van der Waals surface area contributed by atoms with Crippen LogP contribution in [-0.4, -0.2) is 61.2 Å². The van der Waals surface area contributed by atoms with E-state index < -0.39 is 0 Å². The maximum Gasteiger partial charge on any atom is 0.306 e. The Morgan fingerprint density at radius 3 is 2.22 bits per heavy atom. The molecule has 0 radical (unpaired) electrons. The lowest BCUT2D eigenvalue weighted by Crippen LogP contribution is -2.58. The van der Waals surface area contributed by atoms with Crippen LogP contribution in [0.1, 0.15) is 109 Å². The molecule has 1 unspecified atom stereocenters. The summed E-state index contributed by atoms with van der Waals surface area (Å²) in [5, 5.41) is 11.9. The molecule has 0 aromatic heterocycles. The third kappa shape index (κ3) is 9.63. The Hall–Kier alpha value is -2.48. The predicted molar refractivity (Wildman–Crippen MR) is 221 cm³/mol. The topological polar surface area (TPSA) is 85.3 Å². The molecule has 1 N–H and O–H groups in total. The largest absolute Gasteiger partial charge is 0.497 e. The number of hydrogen-bond donors (Lipinski definition) is 1. The zero-order valence-corrected chi connectivity index (χ0v) is 35.2. The van der Waals surface area contributed by atoms with Gasteiger partial charge in [0.1, 0.15) is 18.5 Å². The van der Waals surface area contributed by atoms with E-state index in [2.05, 4.69) is 49.9 Å². The average Bonchev–Trinajstić information content (AvgIpc) is 3.54. The highest BCUT2D eigenvalue weighted by Gasteiger charge is 2.63. The fourth-order valence-corrected chi connectivity index (χ4v) is 12.3. The van der Waals surface area contributed by atoms with Crippen molar-refractivity contribution in [3.8, 4) is 5.75 Å². The number of esters is 2. The van der Waals surface area contributed by atoms with Gasteiger partial charge in [-0.05, 0) is 152 Å². The van der Waals surface area contributed by atoms with E-state index in [1.54, 1.807) is 7.11 Å². The molecule has 0 aliphatic heterocycles. The molecule has 7 nitrogen and oxygen atoms in total. The Kier molecular flexibility index (Phi) is 14.4. The van der Waals surface area contributed by atoms with Crippen LogP contribution in [0, 0.1) is 46.3 Å². The number of aliphatic hydroxyl groups excluding tert-OH is 1. The van der Waals surface area contributed by atoms with Crippen molar-refractivity contribution in [2.45, 2.75) is 123 Å². The molecule has 10 atom stereocenters. The van der Waals surface area contributed by atoms with Crippen LogP contribution in [0.3, 0.4) is 0 Å². The van der Waals surface area contributed by atoms with Crippen LogP contribution in [0.4, 0.5) is 5.69 Å². The summed E-state index contributed by atoms with van der Waals surface area (Å²) in [5.41, 5.74) is 3.63. The SMILES string of the molecule is COc1ccc(COC(=O)CC[C@@H](C)[C@H]2CC[C@H]3[C@@H]4[C@H](O)CC5C[C@H](OC(=O)CCCc6ccc(N(CCCl)CCCl)cc6)CC[C@]5(C)[C@H]4CC[C@]23C)cc1. The average molecular weight is 799 g/mol. The van der Waals surface area contributed by atoms with Crippen LogP contribution < -0.4 is 9.64 Å². The minimum absolute atomic E-state index is 0.0584. The molecule has 6 rings (SSSR count). The summed E-state index contributed by atoms with van der Waals surface area (Å²) in [6.45, 7) is 9.12. The molecule has 2 aromatic carbocycles. The zero-order chi connectivity index (χ0) is 39.2. The van der Waals surface area contributed by atoms with Crippen LogP contribution >= 0.6 is 23.2 Å². The number of hydrogen-bond acceptors (Lipinski definition) is 7. The first-order valence-corrected chi connectivity index (χ1v) is 22.2. The van der Waals surface area contributed by atoms with Crippen molar-refractivity contribution in [3.05, 3.63) is 59.7 Å². The first-order chi connectivity index (χ1) is 26.5. The third-order valence-corrected chi connectivity index (χ3v) is 15.3. The Bertz CT molecular complexity index is 1550. The van der Waals surface area contributed by atoms with E-state index in [4.69, 9.17) is 37.4 Å². The highest BCUT2D eigenvalue weighted by Crippen LogP contribution is 2.68. The van der Waals surface area contributed by atoms with E-state index in [1.165, 1.54) is 18.4 Å². The van der Waals surface area contributed by atoms with Gasteiger partial charge < -0.3 is 24.2 Å². The van der Waals surface area contributed by atoms with E-state index in [1.807, 2.05) is 24.3 Å². The van der Waals surface area contributed by atoms with E-state index in [9.17, 15) is 14.7 Å². The van der Waals surface area contributed by atoms with Gasteiger partial charge in [-0.15, -0.1) is 23.2 Å². The molecule has 0 saturated heterocycles. The van der Waals surface area contributed by atoms with Crippen LogP contribution in [0.5, 0.6) is 5.75 Å². The fourth-order valence-electron chi connectivity index (χ4n) is 11.9. The second-order valence-electron chi connectivity index (χ2n) is 17.8. The normalized spacial score (nSPS) is 31.7. The standard InChI is InChI=1S/C46H65Cl2NO6/c1-31(8-19-42(51)54-30-33-11-15-36(53-4)16-12-33)38-17-18-39-44-40(21-23-46(38,39)3)45(2)22-20-37(28-34(45)29-41(44)50)55-43(52)7-5-6-32-9-13-35(14-10-32)49(26-24-47)27-25-48/h9-16,31,34,37-41,44,50H,5-8,17-30H2,1-4H3/t31-,34?,37-,38-,39+,40+,41-,44+,45+,46-/m1/s1. The van der Waals surface area contributed by atoms with Crippen molar-refractivity contribution in [1.29, 1.82) is 0 Å². The number of anilines is 1. The van der Waals surface area contributed by atoms with Gasteiger partial charge in [-0.25, -0.2) is 0 Å². The van der Waals surface area contributed by atoms with Crippen molar-refractivity contribution >= 4 is 40.8 Å². The summed E-state index contributed by atoms with van der Waals surface area (Å²) in [6, 6.07) is 16.1. The molecule has 4 aliphatic rings. The second-order valence-corrected chi connectivity index (χ2v) is 18.6. The maximum absolute atomic E-state index is 13.0. The quantitative estimate of drug-likeness (QED) is 0.126. The molecule has 4 saturated carbocycles. The number of ether oxygens (including phenoxy) is 3. The van der Waals surface area contributed by atoms with Gasteiger partial charge in [0.25, 0.3) is 0 Å². The lowest BCUT2D eigenvalue weighted by molar-refractivity contribution is -0.183. The Morgan fingerprint density at radius 1 is 0.855 bits per heavy atom. The Morgan fingerprint density at radius 2 is 1.53 bits per heavy atom. The molecule has 0 amide bonds. The minimum atomic E-state index is -0.313. The molecular formula is C46H65Cl2NO6. The lowest BCUT2D eigenvalue weighted by atomic mass is 9.43. The van der Waals surface area contributed by atoms with Gasteiger partial charge in [-0.3, -0.25) is 9.59 Å². The molecule has 4 fully saturated rings. The summed E-state index contributed by atoms with van der Waals surface area (Å²) < 4.78 is 17.0. The first kappa shape index (κ1) is 42.1. The number of rotatable bonds is 17. The molecule has 2 aromatic rings. The van der Waals surface area contributed by atoms with E-state index in [0.717, 1.165) is 87.9 Å². The molecule has 4 aliphatic carbocycles. The smallest absolute Gasteiger partial charge is 0.306 e. The summed E-state index contributed by atoms with van der Waals surface area (Å²) in [5.74, 6) is 4.35. The molecule has 55 heavy (non-hydrogen) atoms. The van der Waals surface area contributed by atoms with E-state index in [0.29, 0.717) is 60.1 Å². The Labute approximate surface area is 340 Å². The summed E-state index contributed by atoms with van der Waals surface area (Å²) in [7, 11) is 1.64. The third-order valence-electron chi connectivity index (χ3n) is 14.9. The number of halogens is 2. The van der Waals surface area contributed by atoms with Crippen molar-refractivity contribution in [2.75, 3.05) is 36.9 Å². The number of aryl methyl sites for hydroxylation is 1. The monoisotopic (exact) mass is 797 g/mol. The zero-order valence-electron chi connectivity index (χ0n) is 33.7. The van der Waals surface area contributed by atoms with Gasteiger partial charge in [0.15, 0.2) is 0 Å². The predicted octanol–water partition coefficient (Wildman–Crippen LogP) is 10.0. The first-order valence-electron chi connectivity index (χ1n) is 21.1. The number of nitrogens with zero attached hydrogens (tertiary/aromatic N) is 1. The molecule has 0 heterocycles. The molecule has 9 heteroatoms. The highest BCUT2D eigenvalue weighted by molar-refractivity contribution is 6.18. The van der Waals surface area contributed by atoms with Crippen LogP contribution in [0.25, 0.3) is 0 Å². The van der Waals surface area contributed by atoms with E-state index >= 15 is 0 Å². The van der Waals surface area contributed by atoms with E-state index in [-0.39, 0.29) is 41.6 Å². The fraction of sp³-hybridized carbons (Fsp3) is 0.696. The number of fused-ring (bicyclic) bond motifs is 5. The van der Waals surface area contributed by atoms with Crippen molar-refractivity contribution in [1.82, 2.24) is 0 Å². The van der Waals surface area contributed by atoms with Gasteiger partial charge in [-0.2, -0.15) is 0 Å². The number of benzene rings is 2. The van der Waals surface area contributed by atoms with Crippen molar-refractivity contribution < 1.29 is 28.9 Å². The summed E-state index contributed by atoms with van der Waals surface area (Å²) >= 11 is 12.0. The highest BCUT2D eigenvalue weighted by atomic mass is 35.5. The Balaban J connectivity index is 0.960. The molecule has 0 spiro atoms. The van der Waals surface area contributed by atoms with Crippen LogP contribution in [-0.2, 0) is 32.1 Å². The maximum atomic E-state index is 13.0. The number of methoxy groups -OCH3 is 1. The number of carbonyl (C=O) groups is 2. The number of carbonyl (C=O) groups excluding carboxylic acids is 2. The second kappa shape index (κ2) is 18.9. The van der Waals surface area contributed by atoms with Gasteiger partial charge in [0.05, 0.1) is 13.2 Å². The molecular weight excluding hydrogens is 733 g/mol. The van der Waals surface area contributed by atoms with Crippen molar-refractivity contribution in [3.63, 3.8) is 0 Å². The lowest BCUT2D eigenvalue weighted by Gasteiger charge is -2.62. The number of alkyl halides is 2. The van der Waals surface area contributed by atoms with Gasteiger partial charge >= 0.3 is 11.9 Å². The van der Waals surface area contributed by atoms with Crippen LogP contribution in [0.15, 0.2) is 48.5 Å². The van der Waals surface area contributed by atoms with Crippen LogP contribution in [0.2, 0.25) is 0 Å². The molecule has 0 bridgehead atoms. The van der Waals surface area contributed by atoms with Crippen molar-refractivity contribution in [2.24, 2.45) is 46.3 Å². The van der Waals surface area contributed by atoms with Gasteiger partial charge in [0.2, 0.25) is 0 Å². The minimum Gasteiger partial charge on any atom is -0.497 e.